The molecule has 100 valence electrons. The van der Waals surface area contributed by atoms with Crippen LogP contribution in [-0.2, 0) is 4.79 Å². The molecule has 0 aliphatic carbocycles. The lowest BCUT2D eigenvalue weighted by molar-refractivity contribution is -0.116. The zero-order valence-corrected chi connectivity index (χ0v) is 11.5. The lowest BCUT2D eigenvalue weighted by Gasteiger charge is -2.21. The van der Waals surface area contributed by atoms with Gasteiger partial charge in [0.15, 0.2) is 0 Å². The van der Waals surface area contributed by atoms with Crippen LogP contribution in [0.25, 0.3) is 0 Å². The predicted molar refractivity (Wildman–Crippen MR) is 73.7 cm³/mol. The summed E-state index contributed by atoms with van der Waals surface area (Å²) in [4.78, 5) is 11.5. The van der Waals surface area contributed by atoms with Crippen molar-refractivity contribution in [1.29, 1.82) is 0 Å². The Balaban J connectivity index is 2.58. The minimum atomic E-state index is -0.222. The van der Waals surface area contributed by atoms with E-state index >= 15 is 0 Å². The molecule has 1 rings (SSSR count). The average molecular weight is 250 g/mol. The Kier molecular flexibility index (Phi) is 4.73. The van der Waals surface area contributed by atoms with Crippen LogP contribution in [0.1, 0.15) is 34.1 Å². The molecular weight excluding hydrogens is 228 g/mol. The normalized spacial score (nSPS) is 12.9. The molecule has 3 N–H and O–H groups in total. The molecule has 1 unspecified atom stereocenters. The van der Waals surface area contributed by atoms with Gasteiger partial charge in [0, 0.05) is 18.2 Å². The Morgan fingerprint density at radius 3 is 2.33 bits per heavy atom. The molecule has 1 atom stereocenters. The van der Waals surface area contributed by atoms with Crippen LogP contribution < -0.4 is 15.8 Å². The smallest absolute Gasteiger partial charge is 0.225 e. The maximum absolute atomic E-state index is 11.5. The third-order valence-corrected chi connectivity index (χ3v) is 2.07. The largest absolute Gasteiger partial charge is 0.488 e. The zero-order chi connectivity index (χ0) is 13.8. The second-order valence-electron chi connectivity index (χ2n) is 5.47. The molecule has 0 spiro atoms. The van der Waals surface area contributed by atoms with Crippen molar-refractivity contribution in [2.45, 2.75) is 45.8 Å². The molecule has 1 amide bonds. The van der Waals surface area contributed by atoms with Crippen LogP contribution in [0.5, 0.6) is 5.75 Å². The van der Waals surface area contributed by atoms with Crippen LogP contribution in [0.2, 0.25) is 0 Å². The number of carbonyl (C=O) groups is 1. The van der Waals surface area contributed by atoms with Crippen LogP contribution >= 0.6 is 0 Å². The third kappa shape index (κ3) is 5.68. The van der Waals surface area contributed by atoms with Gasteiger partial charge in [-0.3, -0.25) is 4.79 Å². The van der Waals surface area contributed by atoms with Gasteiger partial charge in [0.1, 0.15) is 11.4 Å². The average Bonchev–Trinajstić information content (AvgIpc) is 2.17. The quantitative estimate of drug-likeness (QED) is 0.863. The summed E-state index contributed by atoms with van der Waals surface area (Å²) in [6, 6.07) is 7.19. The van der Waals surface area contributed by atoms with Gasteiger partial charge in [0.2, 0.25) is 5.91 Å². The highest BCUT2D eigenvalue weighted by atomic mass is 16.5. The number of amides is 1. The highest BCUT2D eigenvalue weighted by molar-refractivity contribution is 5.91. The Morgan fingerprint density at radius 1 is 1.33 bits per heavy atom. The Hall–Kier alpha value is -1.55. The zero-order valence-electron chi connectivity index (χ0n) is 11.5. The summed E-state index contributed by atoms with van der Waals surface area (Å²) < 4.78 is 5.69. The lowest BCUT2D eigenvalue weighted by Crippen LogP contribution is -2.24. The topological polar surface area (TPSA) is 64.4 Å². The molecular formula is C14H22N2O2. The fraction of sp³-hybridized carbons (Fsp3) is 0.500. The summed E-state index contributed by atoms with van der Waals surface area (Å²) in [5, 5.41) is 2.79. The van der Waals surface area contributed by atoms with Crippen LogP contribution in [0, 0.1) is 0 Å². The van der Waals surface area contributed by atoms with Gasteiger partial charge in [-0.2, -0.15) is 0 Å². The molecule has 4 heteroatoms. The van der Waals surface area contributed by atoms with Crippen molar-refractivity contribution in [2.24, 2.45) is 5.73 Å². The van der Waals surface area contributed by atoms with Crippen molar-refractivity contribution >= 4 is 11.6 Å². The highest BCUT2D eigenvalue weighted by Crippen LogP contribution is 2.20. The van der Waals surface area contributed by atoms with Crippen LogP contribution in [0.4, 0.5) is 5.69 Å². The van der Waals surface area contributed by atoms with E-state index in [1.54, 1.807) is 6.92 Å². The molecule has 0 saturated heterocycles. The molecule has 1 aromatic carbocycles. The van der Waals surface area contributed by atoms with Gasteiger partial charge in [-0.25, -0.2) is 0 Å². The van der Waals surface area contributed by atoms with Crippen molar-refractivity contribution in [1.82, 2.24) is 0 Å². The van der Waals surface area contributed by atoms with Gasteiger partial charge in [0.25, 0.3) is 0 Å². The number of rotatable bonds is 4. The molecule has 0 aromatic heterocycles. The predicted octanol–water partition coefficient (Wildman–Crippen LogP) is 2.54. The van der Waals surface area contributed by atoms with E-state index in [4.69, 9.17) is 10.5 Å². The number of ether oxygens (including phenoxy) is 1. The van der Waals surface area contributed by atoms with E-state index in [0.29, 0.717) is 6.42 Å². The number of nitrogens with two attached hydrogens (primary N) is 1. The first-order valence-electron chi connectivity index (χ1n) is 6.11. The van der Waals surface area contributed by atoms with Gasteiger partial charge in [0.05, 0.1) is 0 Å². The van der Waals surface area contributed by atoms with Crippen molar-refractivity contribution in [3.63, 3.8) is 0 Å². The first-order chi connectivity index (χ1) is 8.26. The van der Waals surface area contributed by atoms with Gasteiger partial charge in [-0.15, -0.1) is 0 Å². The molecule has 18 heavy (non-hydrogen) atoms. The van der Waals surface area contributed by atoms with Gasteiger partial charge in [-0.1, -0.05) is 0 Å². The van der Waals surface area contributed by atoms with E-state index in [1.807, 2.05) is 45.0 Å². The second kappa shape index (κ2) is 5.87. The van der Waals surface area contributed by atoms with Gasteiger partial charge in [-0.05, 0) is 52.0 Å². The standard InChI is InChI=1S/C14H22N2O2/c1-10(15)9-13(17)16-11-5-7-12(8-6-11)18-14(2,3)4/h5-8,10H,9,15H2,1-4H3,(H,16,17). The monoisotopic (exact) mass is 250 g/mol. The van der Waals surface area contributed by atoms with E-state index < -0.39 is 0 Å². The number of carbonyl (C=O) groups excluding carboxylic acids is 1. The first kappa shape index (κ1) is 14.5. The number of nitrogens with one attached hydrogen (secondary N) is 1. The molecule has 0 heterocycles. The molecule has 0 radical (unpaired) electrons. The van der Waals surface area contributed by atoms with E-state index in [9.17, 15) is 4.79 Å². The maximum atomic E-state index is 11.5. The van der Waals surface area contributed by atoms with E-state index in [2.05, 4.69) is 5.32 Å². The van der Waals surface area contributed by atoms with E-state index in [-0.39, 0.29) is 17.6 Å². The molecule has 0 aliphatic rings. The minimum absolute atomic E-state index is 0.0745. The fourth-order valence-corrected chi connectivity index (χ4v) is 1.46. The number of hydrogen-bond donors (Lipinski definition) is 2. The van der Waals surface area contributed by atoms with Crippen molar-refractivity contribution < 1.29 is 9.53 Å². The molecule has 4 nitrogen and oxygen atoms in total. The summed E-state index contributed by atoms with van der Waals surface area (Å²) in [5.74, 6) is 0.710. The summed E-state index contributed by atoms with van der Waals surface area (Å²) in [6.45, 7) is 7.78. The number of anilines is 1. The highest BCUT2D eigenvalue weighted by Gasteiger charge is 2.11. The lowest BCUT2D eigenvalue weighted by atomic mass is 10.2. The fourth-order valence-electron chi connectivity index (χ4n) is 1.46. The number of benzene rings is 1. The summed E-state index contributed by atoms with van der Waals surface area (Å²) in [6.07, 6.45) is 0.320. The Labute approximate surface area is 109 Å². The summed E-state index contributed by atoms with van der Waals surface area (Å²) >= 11 is 0. The maximum Gasteiger partial charge on any atom is 0.225 e. The van der Waals surface area contributed by atoms with E-state index in [1.165, 1.54) is 0 Å². The minimum Gasteiger partial charge on any atom is -0.488 e. The van der Waals surface area contributed by atoms with E-state index in [0.717, 1.165) is 11.4 Å². The third-order valence-electron chi connectivity index (χ3n) is 2.07. The SMILES string of the molecule is CC(N)CC(=O)Nc1ccc(OC(C)(C)C)cc1. The van der Waals surface area contributed by atoms with Crippen LogP contribution in [0.3, 0.4) is 0 Å². The Morgan fingerprint density at radius 2 is 1.89 bits per heavy atom. The Bertz CT molecular complexity index is 391. The van der Waals surface area contributed by atoms with Crippen molar-refractivity contribution in [3.05, 3.63) is 24.3 Å². The number of hydrogen-bond acceptors (Lipinski definition) is 3. The molecule has 0 fully saturated rings. The summed E-state index contributed by atoms with van der Waals surface area (Å²) in [7, 11) is 0. The van der Waals surface area contributed by atoms with Crippen molar-refractivity contribution in [3.8, 4) is 5.75 Å². The second-order valence-corrected chi connectivity index (χ2v) is 5.47. The molecule has 1 aromatic rings. The van der Waals surface area contributed by atoms with Gasteiger partial charge >= 0.3 is 0 Å². The molecule has 0 aliphatic heterocycles. The first-order valence-corrected chi connectivity index (χ1v) is 6.11. The summed E-state index contributed by atoms with van der Waals surface area (Å²) in [5.41, 5.74) is 6.09. The van der Waals surface area contributed by atoms with Gasteiger partial charge < -0.3 is 15.8 Å². The molecule has 0 saturated carbocycles. The van der Waals surface area contributed by atoms with Crippen LogP contribution in [0.15, 0.2) is 24.3 Å². The van der Waals surface area contributed by atoms with Crippen LogP contribution in [-0.4, -0.2) is 17.6 Å². The van der Waals surface area contributed by atoms with Crippen molar-refractivity contribution in [2.75, 3.05) is 5.32 Å². The molecule has 0 bridgehead atoms.